The molecule has 0 saturated carbocycles. The van der Waals surface area contributed by atoms with Crippen LogP contribution >= 0.6 is 0 Å². The zero-order chi connectivity index (χ0) is 55.4. The van der Waals surface area contributed by atoms with Gasteiger partial charge in [-0.05, 0) is 84.4 Å². The summed E-state index contributed by atoms with van der Waals surface area (Å²) < 4.78 is 9.48. The van der Waals surface area contributed by atoms with Crippen molar-refractivity contribution in [2.24, 2.45) is 0 Å². The van der Waals surface area contributed by atoms with Gasteiger partial charge in [-0.2, -0.15) is 5.26 Å². The van der Waals surface area contributed by atoms with Crippen molar-refractivity contribution in [3.63, 3.8) is 0 Å². The van der Waals surface area contributed by atoms with Gasteiger partial charge >= 0.3 is 0 Å². The molecule has 0 aliphatic heterocycles. The summed E-state index contributed by atoms with van der Waals surface area (Å²) in [7, 11) is 0. The quantitative estimate of drug-likeness (QED) is 0.152. The molecule has 0 aliphatic rings. The van der Waals surface area contributed by atoms with E-state index in [1.807, 2.05) is 60.7 Å². The summed E-state index contributed by atoms with van der Waals surface area (Å²) >= 11 is 0. The summed E-state index contributed by atoms with van der Waals surface area (Å²) in [6.45, 7) is 0. The van der Waals surface area contributed by atoms with Crippen molar-refractivity contribution in [1.82, 2.24) is 33.2 Å². The Bertz CT molecular complexity index is 5490. The van der Waals surface area contributed by atoms with E-state index in [1.165, 1.54) is 21.5 Å². The third kappa shape index (κ3) is 7.03. The summed E-state index contributed by atoms with van der Waals surface area (Å²) in [5.41, 5.74) is 17.2. The van der Waals surface area contributed by atoms with Crippen LogP contribution < -0.4 is 0 Å². The van der Waals surface area contributed by atoms with Gasteiger partial charge in [-0.25, -0.2) is 15.0 Å². The maximum absolute atomic E-state index is 11.8. The number of rotatable bonds is 8. The topological polar surface area (TPSA) is 82.2 Å². The molecular formula is C76H46N8. The fraction of sp³-hybridized carbons (Fsp3) is 0. The van der Waals surface area contributed by atoms with Crippen LogP contribution in [0.25, 0.3) is 155 Å². The van der Waals surface area contributed by atoms with E-state index in [4.69, 9.17) is 15.0 Å². The van der Waals surface area contributed by atoms with Crippen molar-refractivity contribution >= 4 is 87.2 Å². The van der Waals surface area contributed by atoms with Crippen LogP contribution in [0.1, 0.15) is 5.56 Å². The van der Waals surface area contributed by atoms with Gasteiger partial charge in [0.25, 0.3) is 0 Å². The van der Waals surface area contributed by atoms with Crippen LogP contribution in [0.5, 0.6) is 0 Å². The van der Waals surface area contributed by atoms with Gasteiger partial charge in [-0.3, -0.25) is 0 Å². The first-order valence-electron chi connectivity index (χ1n) is 28.3. The Morgan fingerprint density at radius 1 is 0.274 bits per heavy atom. The molecule has 17 rings (SSSR count). The van der Waals surface area contributed by atoms with Crippen LogP contribution in [-0.2, 0) is 0 Å². The van der Waals surface area contributed by atoms with Gasteiger partial charge in [0.2, 0.25) is 0 Å². The van der Waals surface area contributed by atoms with E-state index in [2.05, 4.69) is 243 Å². The molecule has 12 aromatic carbocycles. The standard InChI is InChI=1S/C76H46N8/c77-47-61-53(34-21-39-66(61)83-64-37-19-15-32-58(64)70-67(83)44-42-56-54-30-13-17-35-62(54)81(72(56)70)51-26-9-3-10-27-51)50-40-41-60(76-79-74(48-22-5-1-6-23-48)78-75(80-76)49-24-7-2-8-25-49)69(46-50)84-65-38-20-16-33-59(65)71-68(84)45-43-57-55-31-14-18-36-63(55)82(73(57)71)52-28-11-4-12-29-52/h1-46H. The molecule has 5 aromatic heterocycles. The summed E-state index contributed by atoms with van der Waals surface area (Å²) in [6.07, 6.45) is 0. The third-order valence-electron chi connectivity index (χ3n) is 16.9. The Morgan fingerprint density at radius 2 is 0.690 bits per heavy atom. The van der Waals surface area contributed by atoms with E-state index in [9.17, 15) is 5.26 Å². The Morgan fingerprint density at radius 3 is 1.18 bits per heavy atom. The minimum Gasteiger partial charge on any atom is -0.309 e. The first-order valence-corrected chi connectivity index (χ1v) is 28.3. The molecule has 8 nitrogen and oxygen atoms in total. The van der Waals surface area contributed by atoms with Crippen molar-refractivity contribution in [2.45, 2.75) is 0 Å². The molecule has 0 amide bonds. The second-order valence-electron chi connectivity index (χ2n) is 21.4. The maximum Gasteiger partial charge on any atom is 0.166 e. The molecule has 0 aliphatic carbocycles. The van der Waals surface area contributed by atoms with Crippen molar-refractivity contribution in [2.75, 3.05) is 0 Å². The number of hydrogen-bond acceptors (Lipinski definition) is 4. The predicted molar refractivity (Wildman–Crippen MR) is 344 cm³/mol. The van der Waals surface area contributed by atoms with Gasteiger partial charge in [0.1, 0.15) is 6.07 Å². The molecule has 0 radical (unpaired) electrons. The van der Waals surface area contributed by atoms with Crippen LogP contribution in [0.2, 0.25) is 0 Å². The minimum absolute atomic E-state index is 0.522. The number of para-hydroxylation sites is 6. The normalized spacial score (nSPS) is 11.8. The number of benzene rings is 12. The third-order valence-corrected chi connectivity index (χ3v) is 16.9. The van der Waals surface area contributed by atoms with E-state index >= 15 is 0 Å². The van der Waals surface area contributed by atoms with E-state index in [0.29, 0.717) is 23.0 Å². The van der Waals surface area contributed by atoms with Crippen LogP contribution in [0, 0.1) is 11.3 Å². The Kier molecular flexibility index (Phi) is 10.5. The van der Waals surface area contributed by atoms with Crippen LogP contribution in [0.3, 0.4) is 0 Å². The second kappa shape index (κ2) is 18.7. The molecule has 8 heteroatoms. The molecule has 0 atom stereocenters. The number of aromatic nitrogens is 7. The average Bonchev–Trinajstić information content (AvgIpc) is 2.09. The van der Waals surface area contributed by atoms with Gasteiger partial charge in [0.05, 0.1) is 61.1 Å². The molecule has 0 spiro atoms. The predicted octanol–water partition coefficient (Wildman–Crippen LogP) is 18.8. The first-order chi connectivity index (χ1) is 41.7. The van der Waals surface area contributed by atoms with Gasteiger partial charge in [0.15, 0.2) is 17.5 Å². The lowest BCUT2D eigenvalue weighted by Crippen LogP contribution is -2.04. The Balaban J connectivity index is 0.955. The highest BCUT2D eigenvalue weighted by Crippen LogP contribution is 2.46. The van der Waals surface area contributed by atoms with Gasteiger partial charge < -0.3 is 18.3 Å². The van der Waals surface area contributed by atoms with Crippen molar-refractivity contribution in [1.29, 1.82) is 5.26 Å². The molecule has 0 fully saturated rings. The highest BCUT2D eigenvalue weighted by Gasteiger charge is 2.27. The lowest BCUT2D eigenvalue weighted by atomic mass is 9.96. The number of nitriles is 1. The summed E-state index contributed by atoms with van der Waals surface area (Å²) in [5, 5.41) is 20.9. The molecule has 0 unspecified atom stereocenters. The summed E-state index contributed by atoms with van der Waals surface area (Å²) in [5.74, 6) is 1.66. The number of hydrogen-bond donors (Lipinski definition) is 0. The van der Waals surface area contributed by atoms with Gasteiger partial charge in [-0.15, -0.1) is 0 Å². The lowest BCUT2D eigenvalue weighted by molar-refractivity contribution is 1.06. The number of nitrogens with zero attached hydrogens (tertiary/aromatic N) is 8. The van der Waals surface area contributed by atoms with E-state index < -0.39 is 0 Å². The fourth-order valence-electron chi connectivity index (χ4n) is 13.3. The van der Waals surface area contributed by atoms with Crippen molar-refractivity contribution in [3.8, 4) is 74.1 Å². The van der Waals surface area contributed by atoms with E-state index in [1.54, 1.807) is 0 Å². The zero-order valence-corrected chi connectivity index (χ0v) is 45.1. The van der Waals surface area contributed by atoms with Crippen LogP contribution in [0.15, 0.2) is 279 Å². The fourth-order valence-corrected chi connectivity index (χ4v) is 13.3. The largest absolute Gasteiger partial charge is 0.309 e. The van der Waals surface area contributed by atoms with Gasteiger partial charge in [0, 0.05) is 76.7 Å². The second-order valence-corrected chi connectivity index (χ2v) is 21.4. The van der Waals surface area contributed by atoms with Crippen molar-refractivity contribution in [3.05, 3.63) is 285 Å². The zero-order valence-electron chi connectivity index (χ0n) is 45.1. The van der Waals surface area contributed by atoms with E-state index in [-0.39, 0.29) is 0 Å². The lowest BCUT2D eigenvalue weighted by Gasteiger charge is -2.18. The Hall–Kier alpha value is -11.7. The average molecular weight is 1070 g/mol. The molecular weight excluding hydrogens is 1020 g/mol. The highest BCUT2D eigenvalue weighted by molar-refractivity contribution is 6.28. The SMILES string of the molecule is N#Cc1c(-c2ccc(-c3nc(-c4ccccc4)nc(-c4ccccc4)n3)c(-n3c4ccccc4c4c3ccc3c5ccccc5n(-c5ccccc5)c34)c2)cccc1-n1c2ccccc2c2c1ccc1c3ccccc3n(-c3ccccc3)c12. The highest BCUT2D eigenvalue weighted by atomic mass is 15.1. The summed E-state index contributed by atoms with van der Waals surface area (Å²) in [6, 6.07) is 101. The molecule has 5 heterocycles. The van der Waals surface area contributed by atoms with Crippen LogP contribution in [0.4, 0.5) is 0 Å². The molecule has 0 saturated heterocycles. The molecule has 84 heavy (non-hydrogen) atoms. The Labute approximate surface area is 481 Å². The van der Waals surface area contributed by atoms with Crippen LogP contribution in [-0.4, -0.2) is 33.2 Å². The molecule has 17 aromatic rings. The maximum atomic E-state index is 11.8. The number of fused-ring (bicyclic) bond motifs is 14. The summed E-state index contributed by atoms with van der Waals surface area (Å²) in [4.78, 5) is 15.9. The molecule has 0 bridgehead atoms. The monoisotopic (exact) mass is 1070 g/mol. The van der Waals surface area contributed by atoms with Crippen molar-refractivity contribution < 1.29 is 0 Å². The first kappa shape index (κ1) is 47.2. The van der Waals surface area contributed by atoms with E-state index in [0.717, 1.165) is 116 Å². The molecule has 0 N–H and O–H groups in total. The minimum atomic E-state index is 0.522. The van der Waals surface area contributed by atoms with Gasteiger partial charge in [-0.1, -0.05) is 200 Å². The smallest absolute Gasteiger partial charge is 0.166 e. The molecule has 390 valence electrons.